The maximum atomic E-state index is 9.16. The molecule has 68 valence electrons. The van der Waals surface area contributed by atoms with Crippen molar-refractivity contribution < 1.29 is 5.11 Å². The Labute approximate surface area is 85.4 Å². The SMILES string of the molecule is Nc1cc2sccc2c(CO)c1S. The topological polar surface area (TPSA) is 46.2 Å². The van der Waals surface area contributed by atoms with E-state index in [9.17, 15) is 0 Å². The average Bonchev–Trinajstić information content (AvgIpc) is 2.54. The van der Waals surface area contributed by atoms with Crippen LogP contribution in [0.4, 0.5) is 5.69 Å². The molecule has 0 saturated carbocycles. The Kier molecular flexibility index (Phi) is 2.19. The first-order valence-corrected chi connectivity index (χ1v) is 5.15. The molecule has 0 aliphatic carbocycles. The van der Waals surface area contributed by atoms with Crippen molar-refractivity contribution >= 4 is 39.7 Å². The third kappa shape index (κ3) is 1.31. The fraction of sp³-hybridized carbons (Fsp3) is 0.111. The monoisotopic (exact) mass is 211 g/mol. The van der Waals surface area contributed by atoms with Gasteiger partial charge < -0.3 is 10.8 Å². The van der Waals surface area contributed by atoms with E-state index in [-0.39, 0.29) is 6.61 Å². The fourth-order valence-corrected chi connectivity index (χ4v) is 2.47. The zero-order valence-corrected chi connectivity index (χ0v) is 8.53. The molecule has 1 aromatic heterocycles. The van der Waals surface area contributed by atoms with Crippen LogP contribution in [0, 0.1) is 0 Å². The zero-order chi connectivity index (χ0) is 9.42. The van der Waals surface area contributed by atoms with Gasteiger partial charge in [0, 0.05) is 20.8 Å². The molecule has 0 fully saturated rings. The van der Waals surface area contributed by atoms with E-state index >= 15 is 0 Å². The highest BCUT2D eigenvalue weighted by atomic mass is 32.1. The summed E-state index contributed by atoms with van der Waals surface area (Å²) < 4.78 is 1.10. The summed E-state index contributed by atoms with van der Waals surface area (Å²) in [5.74, 6) is 0. The Hall–Kier alpha value is -0.710. The van der Waals surface area contributed by atoms with Gasteiger partial charge in [-0.2, -0.15) is 0 Å². The van der Waals surface area contributed by atoms with E-state index in [2.05, 4.69) is 12.6 Å². The van der Waals surface area contributed by atoms with Gasteiger partial charge in [-0.3, -0.25) is 0 Å². The first-order chi connectivity index (χ1) is 6.24. The molecule has 0 aliphatic heterocycles. The van der Waals surface area contributed by atoms with Gasteiger partial charge >= 0.3 is 0 Å². The lowest BCUT2D eigenvalue weighted by Gasteiger charge is -2.06. The minimum absolute atomic E-state index is 0.0168. The summed E-state index contributed by atoms with van der Waals surface area (Å²) in [6.45, 7) is -0.0168. The number of nitrogen functional groups attached to an aromatic ring is 1. The van der Waals surface area contributed by atoms with Gasteiger partial charge in [0.1, 0.15) is 0 Å². The number of aliphatic hydroxyl groups is 1. The second kappa shape index (κ2) is 3.21. The smallest absolute Gasteiger partial charge is 0.0699 e. The van der Waals surface area contributed by atoms with Gasteiger partial charge in [-0.15, -0.1) is 24.0 Å². The molecule has 0 atom stereocenters. The molecule has 3 N–H and O–H groups in total. The average molecular weight is 211 g/mol. The Morgan fingerprint density at radius 1 is 1.54 bits per heavy atom. The third-order valence-electron chi connectivity index (χ3n) is 2.02. The molecule has 0 bridgehead atoms. The summed E-state index contributed by atoms with van der Waals surface area (Å²) in [4.78, 5) is 0.688. The molecular formula is C9H9NOS2. The Morgan fingerprint density at radius 2 is 2.31 bits per heavy atom. The molecular weight excluding hydrogens is 202 g/mol. The molecule has 13 heavy (non-hydrogen) atoms. The fourth-order valence-electron chi connectivity index (χ4n) is 1.35. The van der Waals surface area contributed by atoms with Crippen molar-refractivity contribution in [2.24, 2.45) is 0 Å². The van der Waals surface area contributed by atoms with E-state index in [1.54, 1.807) is 11.3 Å². The van der Waals surface area contributed by atoms with Gasteiger partial charge in [-0.25, -0.2) is 0 Å². The van der Waals surface area contributed by atoms with E-state index in [0.29, 0.717) is 10.6 Å². The van der Waals surface area contributed by atoms with E-state index in [0.717, 1.165) is 15.6 Å². The molecule has 2 nitrogen and oxygen atoms in total. The van der Waals surface area contributed by atoms with Crippen LogP contribution in [-0.2, 0) is 6.61 Å². The summed E-state index contributed by atoms with van der Waals surface area (Å²) in [6.07, 6.45) is 0. The number of rotatable bonds is 1. The number of hydrogen-bond acceptors (Lipinski definition) is 4. The molecule has 1 heterocycles. The maximum absolute atomic E-state index is 9.16. The highest BCUT2D eigenvalue weighted by Gasteiger charge is 2.08. The zero-order valence-electron chi connectivity index (χ0n) is 6.82. The van der Waals surface area contributed by atoms with Crippen LogP contribution in [0.2, 0.25) is 0 Å². The first-order valence-electron chi connectivity index (χ1n) is 3.82. The quantitative estimate of drug-likeness (QED) is 0.500. The minimum Gasteiger partial charge on any atom is -0.398 e. The summed E-state index contributed by atoms with van der Waals surface area (Å²) in [5.41, 5.74) is 7.19. The van der Waals surface area contributed by atoms with Gasteiger partial charge in [0.05, 0.1) is 6.61 Å². The van der Waals surface area contributed by atoms with Crippen LogP contribution in [0.1, 0.15) is 5.56 Å². The number of anilines is 1. The lowest BCUT2D eigenvalue weighted by Crippen LogP contribution is -1.93. The second-order valence-corrected chi connectivity index (χ2v) is 4.18. The van der Waals surface area contributed by atoms with E-state index in [4.69, 9.17) is 10.8 Å². The molecule has 2 aromatic rings. The van der Waals surface area contributed by atoms with Crippen molar-refractivity contribution in [3.63, 3.8) is 0 Å². The van der Waals surface area contributed by atoms with Crippen LogP contribution in [0.25, 0.3) is 10.1 Å². The van der Waals surface area contributed by atoms with E-state index in [1.165, 1.54) is 0 Å². The number of hydrogen-bond donors (Lipinski definition) is 3. The van der Waals surface area contributed by atoms with Crippen molar-refractivity contribution in [1.29, 1.82) is 0 Å². The molecule has 0 radical (unpaired) electrons. The van der Waals surface area contributed by atoms with E-state index in [1.807, 2.05) is 17.5 Å². The van der Waals surface area contributed by atoms with Crippen molar-refractivity contribution in [2.75, 3.05) is 5.73 Å². The number of benzene rings is 1. The number of nitrogens with two attached hydrogens (primary N) is 1. The lowest BCUT2D eigenvalue weighted by atomic mass is 10.1. The highest BCUT2D eigenvalue weighted by molar-refractivity contribution is 7.80. The van der Waals surface area contributed by atoms with Crippen LogP contribution < -0.4 is 5.73 Å². The van der Waals surface area contributed by atoms with Crippen LogP contribution in [0.5, 0.6) is 0 Å². The van der Waals surface area contributed by atoms with Gasteiger partial charge in [-0.1, -0.05) is 0 Å². The van der Waals surface area contributed by atoms with Gasteiger partial charge in [0.15, 0.2) is 0 Å². The van der Waals surface area contributed by atoms with E-state index < -0.39 is 0 Å². The molecule has 4 heteroatoms. The maximum Gasteiger partial charge on any atom is 0.0699 e. The molecule has 0 aliphatic rings. The Morgan fingerprint density at radius 3 is 3.00 bits per heavy atom. The predicted molar refractivity (Wildman–Crippen MR) is 59.4 cm³/mol. The van der Waals surface area contributed by atoms with Crippen LogP contribution >= 0.6 is 24.0 Å². The van der Waals surface area contributed by atoms with Crippen molar-refractivity contribution in [3.05, 3.63) is 23.1 Å². The van der Waals surface area contributed by atoms with Gasteiger partial charge in [0.2, 0.25) is 0 Å². The predicted octanol–water partition coefficient (Wildman–Crippen LogP) is 2.26. The second-order valence-electron chi connectivity index (χ2n) is 2.78. The molecule has 0 spiro atoms. The van der Waals surface area contributed by atoms with Crippen molar-refractivity contribution in [2.45, 2.75) is 11.5 Å². The Bertz CT molecular complexity index is 450. The third-order valence-corrected chi connectivity index (χ3v) is 3.42. The Balaban J connectivity index is 2.87. The largest absolute Gasteiger partial charge is 0.398 e. The van der Waals surface area contributed by atoms with Crippen LogP contribution in [0.3, 0.4) is 0 Å². The van der Waals surface area contributed by atoms with Crippen molar-refractivity contribution in [1.82, 2.24) is 0 Å². The number of fused-ring (bicyclic) bond motifs is 1. The number of thiophene rings is 1. The summed E-state index contributed by atoms with van der Waals surface area (Å²) in [6, 6.07) is 3.87. The summed E-state index contributed by atoms with van der Waals surface area (Å²) in [7, 11) is 0. The molecule has 0 amide bonds. The summed E-state index contributed by atoms with van der Waals surface area (Å²) in [5, 5.41) is 12.2. The van der Waals surface area contributed by atoms with Crippen molar-refractivity contribution in [3.8, 4) is 0 Å². The van der Waals surface area contributed by atoms with Gasteiger partial charge in [-0.05, 0) is 22.9 Å². The molecule has 0 unspecified atom stereocenters. The molecule has 0 saturated heterocycles. The van der Waals surface area contributed by atoms with Crippen LogP contribution in [-0.4, -0.2) is 5.11 Å². The minimum atomic E-state index is -0.0168. The first kappa shape index (κ1) is 8.87. The highest BCUT2D eigenvalue weighted by Crippen LogP contribution is 2.33. The number of aliphatic hydroxyl groups excluding tert-OH is 1. The molecule has 1 aromatic carbocycles. The standard InChI is InChI=1S/C9H9NOS2/c10-7-3-8-5(1-2-13-8)6(4-11)9(7)12/h1-3,11-12H,4,10H2. The van der Waals surface area contributed by atoms with Gasteiger partial charge in [0.25, 0.3) is 0 Å². The molecule has 2 rings (SSSR count). The summed E-state index contributed by atoms with van der Waals surface area (Å²) >= 11 is 5.88. The normalized spacial score (nSPS) is 10.9. The van der Waals surface area contributed by atoms with Crippen LogP contribution in [0.15, 0.2) is 22.4 Å². The number of thiol groups is 1. The lowest BCUT2D eigenvalue weighted by molar-refractivity contribution is 0.281.